The molecule has 0 saturated heterocycles. The molecule has 0 fully saturated rings. The number of carbonyl (C=O) groups is 3. The van der Waals surface area contributed by atoms with Crippen LogP contribution in [0.2, 0.25) is 0 Å². The number of benzene rings is 1. The van der Waals surface area contributed by atoms with Crippen LogP contribution >= 0.6 is 0 Å². The highest BCUT2D eigenvalue weighted by molar-refractivity contribution is 5.88. The van der Waals surface area contributed by atoms with Gasteiger partial charge in [0.1, 0.15) is 18.7 Å². The summed E-state index contributed by atoms with van der Waals surface area (Å²) in [5, 5.41) is 21.9. The van der Waals surface area contributed by atoms with E-state index in [1.807, 2.05) is 6.07 Å². The molecule has 0 aliphatic carbocycles. The van der Waals surface area contributed by atoms with Gasteiger partial charge in [0, 0.05) is 0 Å². The Balaban J connectivity index is 2.39. The molecule has 0 saturated carbocycles. The van der Waals surface area contributed by atoms with E-state index in [1.54, 1.807) is 24.3 Å². The van der Waals surface area contributed by atoms with Crippen molar-refractivity contribution in [1.82, 2.24) is 10.6 Å². The van der Waals surface area contributed by atoms with E-state index in [0.29, 0.717) is 0 Å². The first-order valence-electron chi connectivity index (χ1n) is 6.55. The third-order valence-corrected chi connectivity index (χ3v) is 2.74. The lowest BCUT2D eigenvalue weighted by molar-refractivity contribution is -0.143. The second kappa shape index (κ2) is 8.63. The fourth-order valence-electron chi connectivity index (χ4n) is 1.49. The minimum absolute atomic E-state index is 0.0510. The second-order valence-electron chi connectivity index (χ2n) is 4.51. The number of alkyl carbamates (subject to hydrolysis) is 1. The zero-order chi connectivity index (χ0) is 16.5. The van der Waals surface area contributed by atoms with Crippen LogP contribution in [-0.2, 0) is 20.9 Å². The Morgan fingerprint density at radius 3 is 2.36 bits per heavy atom. The van der Waals surface area contributed by atoms with Gasteiger partial charge in [-0.1, -0.05) is 30.3 Å². The number of rotatable bonds is 7. The van der Waals surface area contributed by atoms with Crippen LogP contribution in [0.4, 0.5) is 4.79 Å². The molecule has 120 valence electrons. The highest BCUT2D eigenvalue weighted by Gasteiger charge is 2.23. The summed E-state index contributed by atoms with van der Waals surface area (Å²) >= 11 is 0. The van der Waals surface area contributed by atoms with Crippen LogP contribution < -0.4 is 10.6 Å². The van der Waals surface area contributed by atoms with Gasteiger partial charge in [0.15, 0.2) is 0 Å². The minimum atomic E-state index is -1.42. The molecule has 1 rings (SSSR count). The van der Waals surface area contributed by atoms with Crippen molar-refractivity contribution in [1.29, 1.82) is 0 Å². The zero-order valence-corrected chi connectivity index (χ0v) is 12.0. The maximum Gasteiger partial charge on any atom is 0.408 e. The standard InChI is InChI=1S/C14H18N2O6/c1-9(12(18)16-11(7-17)13(19)20)15-14(21)22-8-10-5-3-2-4-6-10/h2-6,9,11,17H,7-8H2,1H3,(H,15,21)(H,16,18)(H,19,20)/t9-,11-/m0/s1. The zero-order valence-electron chi connectivity index (χ0n) is 12.0. The van der Waals surface area contributed by atoms with Gasteiger partial charge < -0.3 is 25.6 Å². The molecule has 0 aliphatic rings. The lowest BCUT2D eigenvalue weighted by Crippen LogP contribution is -2.51. The van der Waals surface area contributed by atoms with Crippen LogP contribution in [0.1, 0.15) is 12.5 Å². The molecular formula is C14H18N2O6. The van der Waals surface area contributed by atoms with Gasteiger partial charge in [-0.05, 0) is 12.5 Å². The number of amides is 2. The van der Waals surface area contributed by atoms with Crippen LogP contribution in [0.25, 0.3) is 0 Å². The first-order chi connectivity index (χ1) is 10.4. The molecule has 4 N–H and O–H groups in total. The number of nitrogens with one attached hydrogen (secondary N) is 2. The van der Waals surface area contributed by atoms with Crippen LogP contribution in [0.5, 0.6) is 0 Å². The van der Waals surface area contributed by atoms with E-state index in [4.69, 9.17) is 14.9 Å². The van der Waals surface area contributed by atoms with Crippen molar-refractivity contribution in [2.75, 3.05) is 6.61 Å². The number of aliphatic hydroxyl groups is 1. The van der Waals surface area contributed by atoms with Crippen LogP contribution in [0, 0.1) is 0 Å². The van der Waals surface area contributed by atoms with Gasteiger partial charge in [-0.2, -0.15) is 0 Å². The molecule has 2 atom stereocenters. The summed E-state index contributed by atoms with van der Waals surface area (Å²) in [5.74, 6) is -2.10. The molecule has 1 aromatic carbocycles. The van der Waals surface area contributed by atoms with E-state index in [0.717, 1.165) is 5.56 Å². The van der Waals surface area contributed by atoms with Crippen molar-refractivity contribution in [3.05, 3.63) is 35.9 Å². The summed E-state index contributed by atoms with van der Waals surface area (Å²) in [6.45, 7) is 0.678. The molecule has 8 heteroatoms. The Morgan fingerprint density at radius 1 is 1.18 bits per heavy atom. The highest BCUT2D eigenvalue weighted by Crippen LogP contribution is 2.00. The van der Waals surface area contributed by atoms with E-state index in [2.05, 4.69) is 10.6 Å². The van der Waals surface area contributed by atoms with Gasteiger partial charge >= 0.3 is 12.1 Å². The molecule has 0 bridgehead atoms. The summed E-state index contributed by atoms with van der Waals surface area (Å²) in [7, 11) is 0. The van der Waals surface area contributed by atoms with Gasteiger partial charge in [0.2, 0.25) is 5.91 Å². The largest absolute Gasteiger partial charge is 0.480 e. The van der Waals surface area contributed by atoms with E-state index < -0.39 is 36.7 Å². The van der Waals surface area contributed by atoms with Crippen LogP contribution in [-0.4, -0.2) is 46.9 Å². The summed E-state index contributed by atoms with van der Waals surface area (Å²) in [6, 6.07) is 6.57. The van der Waals surface area contributed by atoms with Gasteiger partial charge in [-0.25, -0.2) is 9.59 Å². The van der Waals surface area contributed by atoms with E-state index in [-0.39, 0.29) is 6.61 Å². The number of aliphatic hydroxyl groups excluding tert-OH is 1. The second-order valence-corrected chi connectivity index (χ2v) is 4.51. The first kappa shape index (κ1) is 17.4. The van der Waals surface area contributed by atoms with E-state index in [9.17, 15) is 14.4 Å². The Morgan fingerprint density at radius 2 is 1.82 bits per heavy atom. The molecular weight excluding hydrogens is 292 g/mol. The molecule has 0 unspecified atom stereocenters. The molecule has 1 aromatic rings. The number of carboxylic acid groups (broad SMARTS) is 1. The monoisotopic (exact) mass is 310 g/mol. The highest BCUT2D eigenvalue weighted by atomic mass is 16.5. The van der Waals surface area contributed by atoms with Crippen LogP contribution in [0.15, 0.2) is 30.3 Å². The lowest BCUT2D eigenvalue weighted by Gasteiger charge is -2.17. The van der Waals surface area contributed by atoms with Gasteiger partial charge in [0.25, 0.3) is 0 Å². The van der Waals surface area contributed by atoms with Gasteiger partial charge in [-0.3, -0.25) is 4.79 Å². The lowest BCUT2D eigenvalue weighted by atomic mass is 10.2. The Hall–Kier alpha value is -2.61. The summed E-state index contributed by atoms with van der Waals surface area (Å²) < 4.78 is 4.93. The predicted octanol–water partition coefficient (Wildman–Crippen LogP) is -0.137. The fourth-order valence-corrected chi connectivity index (χ4v) is 1.49. The molecule has 0 aliphatic heterocycles. The predicted molar refractivity (Wildman–Crippen MR) is 75.9 cm³/mol. The van der Waals surface area contributed by atoms with Gasteiger partial charge in [0.05, 0.1) is 6.61 Å². The molecule has 0 aromatic heterocycles. The maximum atomic E-state index is 11.7. The Labute approximate surface area is 127 Å². The maximum absolute atomic E-state index is 11.7. The number of hydrogen-bond donors (Lipinski definition) is 4. The number of aliphatic carboxylic acids is 1. The van der Waals surface area contributed by atoms with Crippen LogP contribution in [0.3, 0.4) is 0 Å². The Kier molecular flexibility index (Phi) is 6.84. The number of hydrogen-bond acceptors (Lipinski definition) is 5. The number of ether oxygens (including phenoxy) is 1. The Bertz CT molecular complexity index is 519. The topological polar surface area (TPSA) is 125 Å². The SMILES string of the molecule is C[C@H](NC(=O)OCc1ccccc1)C(=O)N[C@@H](CO)C(=O)O. The smallest absolute Gasteiger partial charge is 0.408 e. The molecule has 2 amide bonds. The summed E-state index contributed by atoms with van der Waals surface area (Å²) in [4.78, 5) is 33.9. The average molecular weight is 310 g/mol. The molecule has 22 heavy (non-hydrogen) atoms. The number of carbonyl (C=O) groups excluding carboxylic acids is 2. The molecule has 0 radical (unpaired) electrons. The minimum Gasteiger partial charge on any atom is -0.480 e. The average Bonchev–Trinajstić information content (AvgIpc) is 2.50. The van der Waals surface area contributed by atoms with Crippen molar-refractivity contribution < 1.29 is 29.3 Å². The third kappa shape index (κ3) is 5.80. The van der Waals surface area contributed by atoms with Crippen molar-refractivity contribution in [3.8, 4) is 0 Å². The van der Waals surface area contributed by atoms with Crippen molar-refractivity contribution in [3.63, 3.8) is 0 Å². The molecule has 0 spiro atoms. The first-order valence-corrected chi connectivity index (χ1v) is 6.55. The third-order valence-electron chi connectivity index (χ3n) is 2.74. The van der Waals surface area contributed by atoms with E-state index >= 15 is 0 Å². The van der Waals surface area contributed by atoms with Crippen molar-refractivity contribution in [2.24, 2.45) is 0 Å². The molecule has 0 heterocycles. The fraction of sp³-hybridized carbons (Fsp3) is 0.357. The van der Waals surface area contributed by atoms with Crippen molar-refractivity contribution >= 4 is 18.0 Å². The molecule has 8 nitrogen and oxygen atoms in total. The summed E-state index contributed by atoms with van der Waals surface area (Å²) in [6.07, 6.45) is -0.803. The number of carboxylic acids is 1. The van der Waals surface area contributed by atoms with Gasteiger partial charge in [-0.15, -0.1) is 0 Å². The summed E-state index contributed by atoms with van der Waals surface area (Å²) in [5.41, 5.74) is 0.793. The van der Waals surface area contributed by atoms with Crippen molar-refractivity contribution in [2.45, 2.75) is 25.6 Å². The van der Waals surface area contributed by atoms with E-state index in [1.165, 1.54) is 6.92 Å². The normalized spacial score (nSPS) is 12.8. The quantitative estimate of drug-likeness (QED) is 0.555.